The average molecular weight is 357 g/mol. The molecule has 0 aromatic heterocycles. The van der Waals surface area contributed by atoms with E-state index in [9.17, 15) is 4.79 Å². The van der Waals surface area contributed by atoms with Gasteiger partial charge in [0, 0.05) is 37.4 Å². The number of carbonyl (C=O) groups excluding carboxylic acids is 1. The van der Waals surface area contributed by atoms with Crippen molar-refractivity contribution in [3.05, 3.63) is 58.6 Å². The maximum absolute atomic E-state index is 13.1. The molecular weight excluding hydrogens is 336 g/mol. The minimum absolute atomic E-state index is 0.151. The number of likely N-dealkylation sites (N-methyl/N-ethyl adjacent to an activating group) is 1. The normalized spacial score (nSPS) is 19.5. The summed E-state index contributed by atoms with van der Waals surface area (Å²) < 4.78 is 5.81. The van der Waals surface area contributed by atoms with Gasteiger partial charge in [0.25, 0.3) is 0 Å². The molecule has 0 radical (unpaired) electrons. The molecule has 2 aliphatic heterocycles. The van der Waals surface area contributed by atoms with Crippen LogP contribution in [0.2, 0.25) is 5.02 Å². The molecule has 0 spiro atoms. The van der Waals surface area contributed by atoms with Gasteiger partial charge >= 0.3 is 0 Å². The van der Waals surface area contributed by atoms with E-state index in [2.05, 4.69) is 24.1 Å². The molecule has 1 amide bonds. The number of hydrogen-bond acceptors (Lipinski definition) is 3. The third-order valence-electron chi connectivity index (χ3n) is 5.06. The van der Waals surface area contributed by atoms with E-state index < -0.39 is 0 Å². The molecule has 2 aliphatic rings. The zero-order valence-corrected chi connectivity index (χ0v) is 15.0. The van der Waals surface area contributed by atoms with Crippen molar-refractivity contribution in [2.75, 3.05) is 31.6 Å². The lowest BCUT2D eigenvalue weighted by molar-refractivity contribution is -0.137. The number of ether oxygens (including phenoxy) is 1. The summed E-state index contributed by atoms with van der Waals surface area (Å²) >= 11 is 6.09. The molecule has 2 aromatic carbocycles. The van der Waals surface area contributed by atoms with Crippen LogP contribution in [-0.2, 0) is 17.8 Å². The summed E-state index contributed by atoms with van der Waals surface area (Å²) in [4.78, 5) is 17.3. The molecule has 1 atom stereocenters. The summed E-state index contributed by atoms with van der Waals surface area (Å²) in [7, 11) is 2.08. The molecule has 4 rings (SSSR count). The number of hydrogen-bond donors (Lipinski definition) is 0. The van der Waals surface area contributed by atoms with Crippen molar-refractivity contribution in [2.24, 2.45) is 5.92 Å². The summed E-state index contributed by atoms with van der Waals surface area (Å²) in [6, 6.07) is 13.9. The molecule has 2 heterocycles. The van der Waals surface area contributed by atoms with Crippen molar-refractivity contribution in [1.29, 1.82) is 0 Å². The second-order valence-electron chi connectivity index (χ2n) is 6.77. The highest BCUT2D eigenvalue weighted by Gasteiger charge is 2.31. The Bertz CT molecular complexity index is 808. The second kappa shape index (κ2) is 6.60. The maximum atomic E-state index is 13.1. The predicted molar refractivity (Wildman–Crippen MR) is 99.3 cm³/mol. The third-order valence-corrected chi connectivity index (χ3v) is 5.29. The Kier molecular flexibility index (Phi) is 4.30. The number of para-hydroxylation sites is 1. The molecule has 0 saturated carbocycles. The SMILES string of the molecule is CN1CCN(C(=O)C2COc3ccc(Cl)cc3C2)Cc2ccccc21. The Morgan fingerprint density at radius 1 is 1.16 bits per heavy atom. The molecule has 0 fully saturated rings. The van der Waals surface area contributed by atoms with Gasteiger partial charge < -0.3 is 14.5 Å². The second-order valence-corrected chi connectivity index (χ2v) is 7.21. The number of anilines is 1. The van der Waals surface area contributed by atoms with Crippen molar-refractivity contribution in [1.82, 2.24) is 4.90 Å². The highest BCUT2D eigenvalue weighted by atomic mass is 35.5. The summed E-state index contributed by atoms with van der Waals surface area (Å²) in [5.41, 5.74) is 3.41. The van der Waals surface area contributed by atoms with Crippen LogP contribution in [0.5, 0.6) is 5.75 Å². The van der Waals surface area contributed by atoms with E-state index in [-0.39, 0.29) is 11.8 Å². The fourth-order valence-corrected chi connectivity index (χ4v) is 3.86. The Morgan fingerprint density at radius 3 is 2.88 bits per heavy atom. The Balaban J connectivity index is 1.54. The first kappa shape index (κ1) is 16.3. The van der Waals surface area contributed by atoms with Gasteiger partial charge in [0.05, 0.1) is 5.92 Å². The Morgan fingerprint density at radius 2 is 2.00 bits per heavy atom. The summed E-state index contributed by atoms with van der Waals surface area (Å²) in [5.74, 6) is 0.853. The van der Waals surface area contributed by atoms with Crippen molar-refractivity contribution in [3.8, 4) is 5.75 Å². The van der Waals surface area contributed by atoms with Gasteiger partial charge in [-0.1, -0.05) is 29.8 Å². The molecule has 0 aliphatic carbocycles. The predicted octanol–water partition coefficient (Wildman–Crippen LogP) is 3.37. The summed E-state index contributed by atoms with van der Waals surface area (Å²) in [5, 5.41) is 0.681. The van der Waals surface area contributed by atoms with E-state index in [1.54, 1.807) is 0 Å². The van der Waals surface area contributed by atoms with Crippen LogP contribution in [0.4, 0.5) is 5.69 Å². The number of nitrogens with zero attached hydrogens (tertiary/aromatic N) is 2. The lowest BCUT2D eigenvalue weighted by atomic mass is 9.95. The quantitative estimate of drug-likeness (QED) is 0.785. The lowest BCUT2D eigenvalue weighted by Crippen LogP contribution is -2.42. The highest BCUT2D eigenvalue weighted by molar-refractivity contribution is 6.30. The van der Waals surface area contributed by atoms with Gasteiger partial charge in [-0.15, -0.1) is 0 Å². The topological polar surface area (TPSA) is 32.8 Å². The number of benzene rings is 2. The first-order chi connectivity index (χ1) is 12.1. The minimum Gasteiger partial charge on any atom is -0.492 e. The van der Waals surface area contributed by atoms with E-state index in [0.29, 0.717) is 24.6 Å². The first-order valence-corrected chi connectivity index (χ1v) is 8.98. The van der Waals surface area contributed by atoms with Crippen LogP contribution in [0.25, 0.3) is 0 Å². The maximum Gasteiger partial charge on any atom is 0.229 e. The molecule has 2 aromatic rings. The van der Waals surface area contributed by atoms with Crippen molar-refractivity contribution in [3.63, 3.8) is 0 Å². The van der Waals surface area contributed by atoms with Gasteiger partial charge in [-0.25, -0.2) is 0 Å². The number of fused-ring (bicyclic) bond motifs is 2. The van der Waals surface area contributed by atoms with E-state index in [1.807, 2.05) is 35.2 Å². The van der Waals surface area contributed by atoms with Crippen LogP contribution >= 0.6 is 11.6 Å². The van der Waals surface area contributed by atoms with E-state index >= 15 is 0 Å². The Labute approximate surface area is 152 Å². The van der Waals surface area contributed by atoms with Crippen molar-refractivity contribution < 1.29 is 9.53 Å². The lowest BCUT2D eigenvalue weighted by Gasteiger charge is -2.30. The van der Waals surface area contributed by atoms with Gasteiger partial charge in [-0.3, -0.25) is 4.79 Å². The summed E-state index contributed by atoms with van der Waals surface area (Å²) in [6.07, 6.45) is 0.683. The monoisotopic (exact) mass is 356 g/mol. The molecule has 0 N–H and O–H groups in total. The molecular formula is C20H21ClN2O2. The van der Waals surface area contributed by atoms with Crippen LogP contribution in [0.1, 0.15) is 11.1 Å². The smallest absolute Gasteiger partial charge is 0.229 e. The van der Waals surface area contributed by atoms with Crippen LogP contribution in [0, 0.1) is 5.92 Å². The number of rotatable bonds is 1. The van der Waals surface area contributed by atoms with Crippen molar-refractivity contribution >= 4 is 23.2 Å². The fraction of sp³-hybridized carbons (Fsp3) is 0.350. The zero-order chi connectivity index (χ0) is 17.4. The molecule has 4 nitrogen and oxygen atoms in total. The fourth-order valence-electron chi connectivity index (χ4n) is 3.66. The molecule has 5 heteroatoms. The largest absolute Gasteiger partial charge is 0.492 e. The molecule has 25 heavy (non-hydrogen) atoms. The van der Waals surface area contributed by atoms with E-state index in [1.165, 1.54) is 11.3 Å². The van der Waals surface area contributed by atoms with Gasteiger partial charge in [0.15, 0.2) is 0 Å². The van der Waals surface area contributed by atoms with E-state index in [0.717, 1.165) is 24.4 Å². The van der Waals surface area contributed by atoms with Gasteiger partial charge in [0.1, 0.15) is 12.4 Å². The zero-order valence-electron chi connectivity index (χ0n) is 14.2. The third kappa shape index (κ3) is 3.19. The number of amides is 1. The van der Waals surface area contributed by atoms with Crippen molar-refractivity contribution in [2.45, 2.75) is 13.0 Å². The highest BCUT2D eigenvalue weighted by Crippen LogP contribution is 2.31. The van der Waals surface area contributed by atoms with Crippen LogP contribution < -0.4 is 9.64 Å². The molecule has 0 saturated heterocycles. The number of halogens is 1. The van der Waals surface area contributed by atoms with Gasteiger partial charge in [0.2, 0.25) is 5.91 Å². The van der Waals surface area contributed by atoms with Crippen LogP contribution in [0.3, 0.4) is 0 Å². The number of carbonyl (C=O) groups is 1. The average Bonchev–Trinajstić information content (AvgIpc) is 2.80. The minimum atomic E-state index is -0.151. The van der Waals surface area contributed by atoms with Gasteiger partial charge in [-0.05, 0) is 41.8 Å². The van der Waals surface area contributed by atoms with Gasteiger partial charge in [-0.2, -0.15) is 0 Å². The summed E-state index contributed by atoms with van der Waals surface area (Å²) in [6.45, 7) is 2.64. The molecule has 1 unspecified atom stereocenters. The molecule has 130 valence electrons. The first-order valence-electron chi connectivity index (χ1n) is 8.61. The molecule has 0 bridgehead atoms. The van der Waals surface area contributed by atoms with E-state index in [4.69, 9.17) is 16.3 Å². The standard InChI is InChI=1S/C20H21ClN2O2/c1-22-8-9-23(12-14-4-2-3-5-18(14)22)20(24)16-10-15-11-17(21)6-7-19(15)25-13-16/h2-7,11,16H,8-10,12-13H2,1H3. The Hall–Kier alpha value is -2.20. The van der Waals surface area contributed by atoms with Crippen LogP contribution in [0.15, 0.2) is 42.5 Å². The van der Waals surface area contributed by atoms with Crippen LogP contribution in [-0.4, -0.2) is 37.6 Å².